The predicted molar refractivity (Wildman–Crippen MR) is 60.9 cm³/mol. The van der Waals surface area contributed by atoms with Gasteiger partial charge in [-0.25, -0.2) is 0 Å². The van der Waals surface area contributed by atoms with Crippen LogP contribution < -0.4 is 0 Å². The average molecular weight is 382 g/mol. The van der Waals surface area contributed by atoms with Crippen LogP contribution in [0, 0.1) is 0 Å². The Kier molecular flexibility index (Phi) is 4.96. The summed E-state index contributed by atoms with van der Waals surface area (Å²) in [5, 5.41) is 0. The molecule has 1 saturated heterocycles. The first-order chi connectivity index (χ1) is 5.33. The summed E-state index contributed by atoms with van der Waals surface area (Å²) in [4.78, 5) is 0. The van der Waals surface area contributed by atoms with Crippen LogP contribution in [0.3, 0.4) is 0 Å². The Labute approximate surface area is 95.3 Å². The Hall–Kier alpha value is 1.40. The highest BCUT2D eigenvalue weighted by Crippen LogP contribution is 2.25. The van der Waals surface area contributed by atoms with Gasteiger partial charge in [0.15, 0.2) is 0 Å². The summed E-state index contributed by atoms with van der Waals surface area (Å²) in [7, 11) is 2.09. The van der Waals surface area contributed by atoms with Crippen molar-refractivity contribution in [3.8, 4) is 0 Å². The molecule has 3 unspecified atom stereocenters. The molecule has 6 heteroatoms. The number of hydrogen-bond donors (Lipinski definition) is 0. The van der Waals surface area contributed by atoms with Crippen molar-refractivity contribution in [3.05, 3.63) is 0 Å². The van der Waals surface area contributed by atoms with E-state index in [0.717, 1.165) is 6.32 Å². The largest absolute Gasteiger partial charge is 0.373 e. The zero-order chi connectivity index (χ0) is 8.27. The van der Waals surface area contributed by atoms with Crippen LogP contribution in [-0.4, -0.2) is 32.8 Å². The second-order valence-electron chi connectivity index (χ2n) is 2.46. The summed E-state index contributed by atoms with van der Waals surface area (Å²) in [5.74, 6) is 0. The molecule has 0 bridgehead atoms. The Balaban J connectivity index is 2.48. The van der Waals surface area contributed by atoms with Gasteiger partial charge in [0.25, 0.3) is 0 Å². The normalized spacial score (nSPS) is 37.8. The maximum Gasteiger partial charge on any atom is 0.125 e. The van der Waals surface area contributed by atoms with Gasteiger partial charge in [-0.2, -0.15) is 0 Å². The maximum atomic E-state index is 5.45. The first-order valence-corrected chi connectivity index (χ1v) is 5.26. The smallest absolute Gasteiger partial charge is 0.125 e. The standard InChI is InChI=1S/C5H9BI2O3/c6-1-3-5(11-8)4(10-7)2-9-3/h3-5H,1-2,6H2. The fraction of sp³-hybridized carbons (Fsp3) is 1.00. The van der Waals surface area contributed by atoms with Crippen molar-refractivity contribution < 1.29 is 10.9 Å². The highest BCUT2D eigenvalue weighted by atomic mass is 127. The van der Waals surface area contributed by atoms with Crippen molar-refractivity contribution in [2.45, 2.75) is 24.6 Å². The van der Waals surface area contributed by atoms with E-state index in [2.05, 4.69) is 7.85 Å². The minimum Gasteiger partial charge on any atom is -0.373 e. The molecule has 0 amide bonds. The molecule has 0 radical (unpaired) electrons. The van der Waals surface area contributed by atoms with Crippen molar-refractivity contribution in [2.24, 2.45) is 0 Å². The zero-order valence-electron chi connectivity index (χ0n) is 6.13. The third kappa shape index (κ3) is 2.42. The van der Waals surface area contributed by atoms with Crippen molar-refractivity contribution in [1.82, 2.24) is 0 Å². The molecule has 3 atom stereocenters. The minimum atomic E-state index is 0.0949. The Morgan fingerprint density at radius 1 is 1.45 bits per heavy atom. The summed E-state index contributed by atoms with van der Waals surface area (Å²) in [5.41, 5.74) is 0. The van der Waals surface area contributed by atoms with E-state index in [4.69, 9.17) is 10.9 Å². The molecular weight excluding hydrogens is 373 g/mol. The van der Waals surface area contributed by atoms with Gasteiger partial charge in [-0.05, 0) is 0 Å². The van der Waals surface area contributed by atoms with Crippen LogP contribution in [0.2, 0.25) is 6.32 Å². The fourth-order valence-corrected chi connectivity index (χ4v) is 2.28. The van der Waals surface area contributed by atoms with Gasteiger partial charge < -0.3 is 10.9 Å². The molecular formula is C5H9BI2O3. The van der Waals surface area contributed by atoms with Crippen molar-refractivity contribution in [2.75, 3.05) is 6.61 Å². The van der Waals surface area contributed by atoms with Gasteiger partial charge in [0.05, 0.1) is 12.7 Å². The lowest BCUT2D eigenvalue weighted by molar-refractivity contribution is 0.0844. The van der Waals surface area contributed by atoms with Crippen molar-refractivity contribution in [1.29, 1.82) is 0 Å². The third-order valence-corrected chi connectivity index (χ3v) is 3.07. The van der Waals surface area contributed by atoms with Crippen molar-refractivity contribution >= 4 is 53.9 Å². The molecule has 3 nitrogen and oxygen atoms in total. The lowest BCUT2D eigenvalue weighted by atomic mass is 9.95. The number of ether oxygens (including phenoxy) is 1. The van der Waals surface area contributed by atoms with Crippen LogP contribution >= 0.6 is 46.0 Å². The average Bonchev–Trinajstić information content (AvgIpc) is 2.45. The monoisotopic (exact) mass is 382 g/mol. The summed E-state index contributed by atoms with van der Waals surface area (Å²) in [6, 6.07) is 0. The van der Waals surface area contributed by atoms with Gasteiger partial charge in [-0.1, -0.05) is 6.32 Å². The van der Waals surface area contributed by atoms with Gasteiger partial charge in [-0.15, -0.1) is 0 Å². The fourth-order valence-electron chi connectivity index (χ4n) is 1.19. The van der Waals surface area contributed by atoms with Gasteiger partial charge in [0.1, 0.15) is 66.1 Å². The highest BCUT2D eigenvalue weighted by Gasteiger charge is 2.37. The quantitative estimate of drug-likeness (QED) is 0.537. The molecule has 1 fully saturated rings. The lowest BCUT2D eigenvalue weighted by Crippen LogP contribution is -2.30. The van der Waals surface area contributed by atoms with Crippen LogP contribution in [0.1, 0.15) is 0 Å². The van der Waals surface area contributed by atoms with Gasteiger partial charge in [0.2, 0.25) is 0 Å². The molecule has 0 aliphatic carbocycles. The van der Waals surface area contributed by atoms with E-state index in [1.807, 2.05) is 46.0 Å². The Morgan fingerprint density at radius 3 is 2.64 bits per heavy atom. The van der Waals surface area contributed by atoms with Crippen molar-refractivity contribution in [3.63, 3.8) is 0 Å². The van der Waals surface area contributed by atoms with Crippen LogP contribution in [0.15, 0.2) is 0 Å². The number of halogens is 2. The molecule has 1 aliphatic rings. The molecule has 0 aromatic carbocycles. The Morgan fingerprint density at radius 2 is 2.18 bits per heavy atom. The van der Waals surface area contributed by atoms with Gasteiger partial charge in [-0.3, -0.25) is 0 Å². The highest BCUT2D eigenvalue weighted by molar-refractivity contribution is 14.1. The summed E-state index contributed by atoms with van der Waals surface area (Å²) >= 11 is 3.79. The molecule has 1 aliphatic heterocycles. The SMILES string of the molecule is BCC1OCC(OI)C1OI. The molecule has 1 rings (SSSR count). The van der Waals surface area contributed by atoms with E-state index >= 15 is 0 Å². The molecule has 0 aromatic heterocycles. The summed E-state index contributed by atoms with van der Waals surface area (Å²) < 4.78 is 15.8. The minimum absolute atomic E-state index is 0.0949. The van der Waals surface area contributed by atoms with Crippen LogP contribution in [0.5, 0.6) is 0 Å². The third-order valence-electron chi connectivity index (χ3n) is 1.83. The zero-order valence-corrected chi connectivity index (χ0v) is 10.4. The first-order valence-electron chi connectivity index (χ1n) is 3.49. The molecule has 64 valence electrons. The van der Waals surface area contributed by atoms with E-state index in [0.29, 0.717) is 6.61 Å². The summed E-state index contributed by atoms with van der Waals surface area (Å²) in [6.45, 7) is 0.648. The molecule has 0 N–H and O–H groups in total. The second kappa shape index (κ2) is 5.20. The molecule has 1 heterocycles. The van der Waals surface area contributed by atoms with Gasteiger partial charge in [0, 0.05) is 0 Å². The van der Waals surface area contributed by atoms with Gasteiger partial charge >= 0.3 is 0 Å². The number of rotatable bonds is 3. The molecule has 0 spiro atoms. The topological polar surface area (TPSA) is 27.7 Å². The second-order valence-corrected chi connectivity index (χ2v) is 3.48. The molecule has 11 heavy (non-hydrogen) atoms. The predicted octanol–water partition coefficient (Wildman–Crippen LogP) is 0.907. The molecule has 0 aromatic rings. The van der Waals surface area contributed by atoms with E-state index < -0.39 is 0 Å². The van der Waals surface area contributed by atoms with E-state index in [9.17, 15) is 0 Å². The van der Waals surface area contributed by atoms with E-state index in [1.165, 1.54) is 0 Å². The number of hydrogen-bond acceptors (Lipinski definition) is 3. The van der Waals surface area contributed by atoms with E-state index in [1.54, 1.807) is 0 Å². The van der Waals surface area contributed by atoms with Crippen LogP contribution in [0.4, 0.5) is 0 Å². The Bertz CT molecular complexity index is 114. The summed E-state index contributed by atoms with van der Waals surface area (Å²) in [6.07, 6.45) is 1.37. The van der Waals surface area contributed by atoms with Crippen LogP contribution in [-0.2, 0) is 10.9 Å². The molecule has 0 saturated carbocycles. The first kappa shape index (κ1) is 10.5. The van der Waals surface area contributed by atoms with Crippen LogP contribution in [0.25, 0.3) is 0 Å². The maximum absolute atomic E-state index is 5.45. The van der Waals surface area contributed by atoms with E-state index in [-0.39, 0.29) is 18.3 Å². The lowest BCUT2D eigenvalue weighted by Gasteiger charge is -2.16.